The van der Waals surface area contributed by atoms with E-state index in [1.165, 1.54) is 4.31 Å². The standard InChI is InChI=1S/C22H28N2O4S2/c1-4-28-19-7-11-21(12-8-19)30(26,27)24-15-13-23(14-16-24)22(25)18-5-9-20(10-6-18)29-17(2)3/h5-12,17H,4,13-16H2,1-3H3. The van der Waals surface area contributed by atoms with Crippen molar-refractivity contribution < 1.29 is 17.9 Å². The molecule has 6 nitrogen and oxygen atoms in total. The van der Waals surface area contributed by atoms with Crippen molar-refractivity contribution in [3.05, 3.63) is 54.1 Å². The van der Waals surface area contributed by atoms with Crippen LogP contribution in [0.1, 0.15) is 31.1 Å². The zero-order valence-corrected chi connectivity index (χ0v) is 19.2. The molecule has 0 N–H and O–H groups in total. The predicted molar refractivity (Wildman–Crippen MR) is 120 cm³/mol. The molecule has 2 aromatic rings. The lowest BCUT2D eigenvalue weighted by Gasteiger charge is -2.34. The van der Waals surface area contributed by atoms with Gasteiger partial charge in [-0.15, -0.1) is 11.8 Å². The van der Waals surface area contributed by atoms with Gasteiger partial charge in [0.1, 0.15) is 5.75 Å². The largest absolute Gasteiger partial charge is 0.494 e. The van der Waals surface area contributed by atoms with Gasteiger partial charge in [0.15, 0.2) is 0 Å². The van der Waals surface area contributed by atoms with Crippen LogP contribution in [0.25, 0.3) is 0 Å². The molecule has 2 aromatic carbocycles. The third kappa shape index (κ3) is 5.36. The molecule has 0 unspecified atom stereocenters. The van der Waals surface area contributed by atoms with Gasteiger partial charge < -0.3 is 9.64 Å². The van der Waals surface area contributed by atoms with Crippen molar-refractivity contribution in [2.75, 3.05) is 32.8 Å². The number of rotatable bonds is 7. The zero-order valence-electron chi connectivity index (χ0n) is 17.6. The average molecular weight is 449 g/mol. The van der Waals surface area contributed by atoms with Crippen molar-refractivity contribution >= 4 is 27.7 Å². The number of hydrogen-bond acceptors (Lipinski definition) is 5. The van der Waals surface area contributed by atoms with Crippen LogP contribution in [0.15, 0.2) is 58.3 Å². The maximum absolute atomic E-state index is 12.9. The Morgan fingerprint density at radius 3 is 2.13 bits per heavy atom. The summed E-state index contributed by atoms with van der Waals surface area (Å²) >= 11 is 1.75. The van der Waals surface area contributed by atoms with E-state index in [0.717, 1.165) is 4.90 Å². The van der Waals surface area contributed by atoms with Crippen molar-refractivity contribution in [2.24, 2.45) is 0 Å². The smallest absolute Gasteiger partial charge is 0.253 e. The van der Waals surface area contributed by atoms with Crippen LogP contribution in [0.2, 0.25) is 0 Å². The second kappa shape index (κ2) is 9.85. The summed E-state index contributed by atoms with van der Waals surface area (Å²) in [6.07, 6.45) is 0. The molecule has 30 heavy (non-hydrogen) atoms. The van der Waals surface area contributed by atoms with Crippen LogP contribution in [0, 0.1) is 0 Å². The Kier molecular flexibility index (Phi) is 7.44. The van der Waals surface area contributed by atoms with Gasteiger partial charge in [-0.05, 0) is 55.5 Å². The normalized spacial score (nSPS) is 15.4. The van der Waals surface area contributed by atoms with Crippen LogP contribution in [0.3, 0.4) is 0 Å². The Bertz CT molecular complexity index is 950. The van der Waals surface area contributed by atoms with Gasteiger partial charge in [-0.25, -0.2) is 8.42 Å². The summed E-state index contributed by atoms with van der Waals surface area (Å²) in [6, 6.07) is 14.1. The van der Waals surface area contributed by atoms with Gasteiger partial charge in [-0.2, -0.15) is 4.31 Å². The van der Waals surface area contributed by atoms with Crippen LogP contribution in [0.5, 0.6) is 5.75 Å². The molecular formula is C22H28N2O4S2. The molecule has 1 saturated heterocycles. The molecule has 0 atom stereocenters. The number of carbonyl (C=O) groups is 1. The number of hydrogen-bond donors (Lipinski definition) is 0. The second-order valence-corrected chi connectivity index (χ2v) is 10.9. The van der Waals surface area contributed by atoms with Gasteiger partial charge in [0, 0.05) is 41.9 Å². The molecule has 1 aliphatic heterocycles. The Morgan fingerprint density at radius 1 is 1.00 bits per heavy atom. The summed E-state index contributed by atoms with van der Waals surface area (Å²) in [6.45, 7) is 7.97. The molecule has 0 aromatic heterocycles. The Labute approximate surface area is 183 Å². The molecule has 0 saturated carbocycles. The van der Waals surface area contributed by atoms with E-state index in [-0.39, 0.29) is 23.9 Å². The fraction of sp³-hybridized carbons (Fsp3) is 0.409. The first kappa shape index (κ1) is 22.7. The Hall–Kier alpha value is -2.03. The summed E-state index contributed by atoms with van der Waals surface area (Å²) in [7, 11) is -3.59. The third-order valence-corrected chi connectivity index (χ3v) is 7.70. The Morgan fingerprint density at radius 2 is 1.60 bits per heavy atom. The predicted octanol–water partition coefficient (Wildman–Crippen LogP) is 3.73. The Balaban J connectivity index is 1.61. The minimum Gasteiger partial charge on any atom is -0.494 e. The number of nitrogens with zero attached hydrogens (tertiary/aromatic N) is 2. The molecule has 1 amide bonds. The molecule has 0 bridgehead atoms. The van der Waals surface area contributed by atoms with E-state index in [9.17, 15) is 13.2 Å². The quantitative estimate of drug-likeness (QED) is 0.604. The summed E-state index contributed by atoms with van der Waals surface area (Å²) < 4.78 is 32.6. The highest BCUT2D eigenvalue weighted by Gasteiger charge is 2.30. The van der Waals surface area contributed by atoms with Gasteiger partial charge in [0.2, 0.25) is 10.0 Å². The number of piperazine rings is 1. The third-order valence-electron chi connectivity index (χ3n) is 4.77. The summed E-state index contributed by atoms with van der Waals surface area (Å²) in [5.74, 6) is 0.582. The molecule has 3 rings (SSSR count). The van der Waals surface area contributed by atoms with E-state index < -0.39 is 10.0 Å². The molecule has 162 valence electrons. The highest BCUT2D eigenvalue weighted by Crippen LogP contribution is 2.24. The molecule has 1 heterocycles. The first-order chi connectivity index (χ1) is 14.3. The number of carbonyl (C=O) groups excluding carboxylic acids is 1. The van der Waals surface area contributed by atoms with Crippen LogP contribution in [0.4, 0.5) is 0 Å². The minimum atomic E-state index is -3.59. The summed E-state index contributed by atoms with van der Waals surface area (Å²) in [5.41, 5.74) is 0.630. The highest BCUT2D eigenvalue weighted by atomic mass is 32.2. The monoisotopic (exact) mass is 448 g/mol. The first-order valence-corrected chi connectivity index (χ1v) is 12.4. The van der Waals surface area contributed by atoms with Crippen molar-refractivity contribution in [1.82, 2.24) is 9.21 Å². The van der Waals surface area contributed by atoms with E-state index in [1.807, 2.05) is 31.2 Å². The van der Waals surface area contributed by atoms with Gasteiger partial charge in [0.25, 0.3) is 5.91 Å². The highest BCUT2D eigenvalue weighted by molar-refractivity contribution is 7.99. The molecule has 0 spiro atoms. The lowest BCUT2D eigenvalue weighted by Crippen LogP contribution is -2.50. The van der Waals surface area contributed by atoms with Crippen molar-refractivity contribution in [2.45, 2.75) is 35.8 Å². The molecule has 0 radical (unpaired) electrons. The summed E-state index contributed by atoms with van der Waals surface area (Å²) in [5, 5.41) is 0.483. The number of sulfonamides is 1. The first-order valence-electron chi connectivity index (χ1n) is 10.1. The fourth-order valence-electron chi connectivity index (χ4n) is 3.29. The van der Waals surface area contributed by atoms with Crippen LogP contribution < -0.4 is 4.74 Å². The van der Waals surface area contributed by atoms with E-state index in [4.69, 9.17) is 4.74 Å². The van der Waals surface area contributed by atoms with E-state index in [2.05, 4.69) is 13.8 Å². The molecule has 0 aliphatic carbocycles. The zero-order chi connectivity index (χ0) is 21.7. The molecule has 8 heteroatoms. The van der Waals surface area contributed by atoms with E-state index in [0.29, 0.717) is 36.3 Å². The van der Waals surface area contributed by atoms with E-state index in [1.54, 1.807) is 40.9 Å². The number of ether oxygens (including phenoxy) is 1. The van der Waals surface area contributed by atoms with Crippen LogP contribution in [-0.4, -0.2) is 61.6 Å². The van der Waals surface area contributed by atoms with Crippen LogP contribution >= 0.6 is 11.8 Å². The minimum absolute atomic E-state index is 0.0609. The molecule has 1 aliphatic rings. The number of benzene rings is 2. The van der Waals surface area contributed by atoms with Crippen molar-refractivity contribution in [3.8, 4) is 5.75 Å². The number of amides is 1. The lowest BCUT2D eigenvalue weighted by molar-refractivity contribution is 0.0698. The molecular weight excluding hydrogens is 420 g/mol. The van der Waals surface area contributed by atoms with Gasteiger partial charge in [0.05, 0.1) is 11.5 Å². The lowest BCUT2D eigenvalue weighted by atomic mass is 10.2. The average Bonchev–Trinajstić information content (AvgIpc) is 2.74. The SMILES string of the molecule is CCOc1ccc(S(=O)(=O)N2CCN(C(=O)c3ccc(SC(C)C)cc3)CC2)cc1. The van der Waals surface area contributed by atoms with Crippen molar-refractivity contribution in [3.63, 3.8) is 0 Å². The topological polar surface area (TPSA) is 66.9 Å². The molecule has 1 fully saturated rings. The van der Waals surface area contributed by atoms with Crippen molar-refractivity contribution in [1.29, 1.82) is 0 Å². The number of thioether (sulfide) groups is 1. The van der Waals surface area contributed by atoms with Crippen LogP contribution in [-0.2, 0) is 10.0 Å². The maximum atomic E-state index is 12.9. The van der Waals surface area contributed by atoms with Gasteiger partial charge >= 0.3 is 0 Å². The van der Waals surface area contributed by atoms with E-state index >= 15 is 0 Å². The summed E-state index contributed by atoms with van der Waals surface area (Å²) in [4.78, 5) is 15.9. The maximum Gasteiger partial charge on any atom is 0.253 e. The second-order valence-electron chi connectivity index (χ2n) is 7.29. The van der Waals surface area contributed by atoms with Gasteiger partial charge in [-0.1, -0.05) is 13.8 Å². The fourth-order valence-corrected chi connectivity index (χ4v) is 5.55. The van der Waals surface area contributed by atoms with Gasteiger partial charge in [-0.3, -0.25) is 4.79 Å².